The van der Waals surface area contributed by atoms with Crippen molar-refractivity contribution in [3.63, 3.8) is 0 Å². The molecule has 1 heterocycles. The van der Waals surface area contributed by atoms with Gasteiger partial charge in [-0.2, -0.15) is 0 Å². The first kappa shape index (κ1) is 21.6. The van der Waals surface area contributed by atoms with E-state index in [9.17, 15) is 4.79 Å². The number of benzene rings is 1. The van der Waals surface area contributed by atoms with Crippen molar-refractivity contribution in [1.82, 2.24) is 20.4 Å². The number of carbonyl (C=O) groups is 1. The molecule has 1 aliphatic heterocycles. The summed E-state index contributed by atoms with van der Waals surface area (Å²) in [5, 5.41) is 6.92. The minimum atomic E-state index is 0.321. The molecule has 1 atom stereocenters. The molecule has 1 amide bonds. The third-order valence-corrected chi connectivity index (χ3v) is 6.17. The third kappa shape index (κ3) is 6.74. The molecule has 29 heavy (non-hydrogen) atoms. The zero-order chi connectivity index (χ0) is 20.5. The van der Waals surface area contributed by atoms with Crippen LogP contribution in [0, 0.1) is 5.92 Å². The molecule has 2 fully saturated rings. The number of piperazine rings is 1. The third-order valence-electron chi connectivity index (χ3n) is 6.17. The van der Waals surface area contributed by atoms with Crippen LogP contribution in [0.25, 0.3) is 0 Å². The summed E-state index contributed by atoms with van der Waals surface area (Å²) in [7, 11) is 1.82. The van der Waals surface area contributed by atoms with Gasteiger partial charge in [0, 0.05) is 58.3 Å². The van der Waals surface area contributed by atoms with Crippen molar-refractivity contribution in [2.24, 2.45) is 10.9 Å². The minimum absolute atomic E-state index is 0.321. The monoisotopic (exact) mass is 399 g/mol. The quantitative estimate of drug-likeness (QED) is 0.519. The van der Waals surface area contributed by atoms with Crippen molar-refractivity contribution in [2.45, 2.75) is 45.1 Å². The van der Waals surface area contributed by atoms with Crippen LogP contribution in [0.2, 0.25) is 0 Å². The molecule has 0 aromatic heterocycles. The molecule has 0 spiro atoms. The van der Waals surface area contributed by atoms with Crippen LogP contribution in [0.1, 0.15) is 38.2 Å². The molecule has 6 heteroatoms. The van der Waals surface area contributed by atoms with Gasteiger partial charge in [0.2, 0.25) is 5.91 Å². The SMILES string of the molecule is CN=C(NCCN1CCN(C(=O)C2CCC2)CC1)NC(C)CCc1ccccc1. The molecular weight excluding hydrogens is 362 g/mol. The molecule has 1 saturated heterocycles. The maximum Gasteiger partial charge on any atom is 0.225 e. The second-order valence-electron chi connectivity index (χ2n) is 8.36. The predicted molar refractivity (Wildman–Crippen MR) is 119 cm³/mol. The second-order valence-corrected chi connectivity index (χ2v) is 8.36. The number of amides is 1. The summed E-state index contributed by atoms with van der Waals surface area (Å²) in [4.78, 5) is 21.2. The average molecular weight is 400 g/mol. The first-order valence-corrected chi connectivity index (χ1v) is 11.2. The number of carbonyl (C=O) groups excluding carboxylic acids is 1. The highest BCUT2D eigenvalue weighted by molar-refractivity contribution is 5.80. The van der Waals surface area contributed by atoms with E-state index in [1.807, 2.05) is 7.05 Å². The summed E-state index contributed by atoms with van der Waals surface area (Å²) in [6, 6.07) is 11.0. The second kappa shape index (κ2) is 11.2. The fourth-order valence-corrected chi connectivity index (χ4v) is 3.97. The first-order chi connectivity index (χ1) is 14.2. The number of hydrogen-bond acceptors (Lipinski definition) is 3. The van der Waals surface area contributed by atoms with Crippen molar-refractivity contribution in [1.29, 1.82) is 0 Å². The largest absolute Gasteiger partial charge is 0.355 e. The lowest BCUT2D eigenvalue weighted by Crippen LogP contribution is -2.52. The van der Waals surface area contributed by atoms with E-state index in [0.717, 1.165) is 70.9 Å². The molecular formula is C23H37N5O. The normalized spacial score (nSPS) is 19.5. The van der Waals surface area contributed by atoms with Crippen LogP contribution in [-0.2, 0) is 11.2 Å². The lowest BCUT2D eigenvalue weighted by Gasteiger charge is -2.38. The predicted octanol–water partition coefficient (Wildman–Crippen LogP) is 2.12. The van der Waals surface area contributed by atoms with Crippen LogP contribution in [-0.4, -0.2) is 74.0 Å². The van der Waals surface area contributed by atoms with E-state index in [0.29, 0.717) is 17.9 Å². The molecule has 1 unspecified atom stereocenters. The Labute approximate surface area is 175 Å². The van der Waals surface area contributed by atoms with Crippen LogP contribution < -0.4 is 10.6 Å². The van der Waals surface area contributed by atoms with Crippen molar-refractivity contribution in [3.05, 3.63) is 35.9 Å². The fourth-order valence-electron chi connectivity index (χ4n) is 3.97. The van der Waals surface area contributed by atoms with Crippen molar-refractivity contribution >= 4 is 11.9 Å². The van der Waals surface area contributed by atoms with E-state index in [-0.39, 0.29) is 0 Å². The van der Waals surface area contributed by atoms with E-state index >= 15 is 0 Å². The molecule has 2 aliphatic rings. The number of nitrogens with one attached hydrogen (secondary N) is 2. The molecule has 1 aromatic rings. The van der Waals surface area contributed by atoms with Crippen molar-refractivity contribution < 1.29 is 4.79 Å². The Balaban J connectivity index is 1.29. The highest BCUT2D eigenvalue weighted by Crippen LogP contribution is 2.28. The van der Waals surface area contributed by atoms with Gasteiger partial charge < -0.3 is 15.5 Å². The van der Waals surface area contributed by atoms with Gasteiger partial charge in [0.25, 0.3) is 0 Å². The summed E-state index contributed by atoms with van der Waals surface area (Å²) in [6.45, 7) is 7.73. The van der Waals surface area contributed by atoms with Crippen molar-refractivity contribution in [3.8, 4) is 0 Å². The van der Waals surface area contributed by atoms with E-state index < -0.39 is 0 Å². The Morgan fingerprint density at radius 3 is 2.52 bits per heavy atom. The van der Waals surface area contributed by atoms with E-state index in [1.54, 1.807) is 0 Å². The summed E-state index contributed by atoms with van der Waals surface area (Å²) in [5.41, 5.74) is 1.37. The highest BCUT2D eigenvalue weighted by atomic mass is 16.2. The van der Waals surface area contributed by atoms with E-state index in [1.165, 1.54) is 12.0 Å². The molecule has 1 aliphatic carbocycles. The Hall–Kier alpha value is -2.08. The lowest BCUT2D eigenvalue weighted by atomic mass is 9.84. The van der Waals surface area contributed by atoms with Gasteiger partial charge in [-0.1, -0.05) is 36.8 Å². The summed E-state index contributed by atoms with van der Waals surface area (Å²) < 4.78 is 0. The van der Waals surface area contributed by atoms with Crippen LogP contribution in [0.15, 0.2) is 35.3 Å². The average Bonchev–Trinajstić information content (AvgIpc) is 2.71. The summed E-state index contributed by atoms with van der Waals surface area (Å²) in [5.74, 6) is 1.58. The number of aliphatic imine (C=N–C) groups is 1. The summed E-state index contributed by atoms with van der Waals surface area (Å²) >= 11 is 0. The maximum absolute atomic E-state index is 12.3. The smallest absolute Gasteiger partial charge is 0.225 e. The van der Waals surface area contributed by atoms with Gasteiger partial charge in [-0.25, -0.2) is 0 Å². The Bertz CT molecular complexity index is 650. The van der Waals surface area contributed by atoms with E-state index in [4.69, 9.17) is 0 Å². The van der Waals surface area contributed by atoms with Gasteiger partial charge in [-0.15, -0.1) is 0 Å². The molecule has 1 saturated carbocycles. The lowest BCUT2D eigenvalue weighted by molar-refractivity contribution is -0.139. The van der Waals surface area contributed by atoms with Crippen LogP contribution >= 0.6 is 0 Å². The van der Waals surface area contributed by atoms with Gasteiger partial charge in [0.1, 0.15) is 0 Å². The van der Waals surface area contributed by atoms with Crippen LogP contribution in [0.5, 0.6) is 0 Å². The highest BCUT2D eigenvalue weighted by Gasteiger charge is 2.30. The van der Waals surface area contributed by atoms with Crippen molar-refractivity contribution in [2.75, 3.05) is 46.3 Å². The van der Waals surface area contributed by atoms with Crippen LogP contribution in [0.3, 0.4) is 0 Å². The van der Waals surface area contributed by atoms with Gasteiger partial charge in [0.15, 0.2) is 5.96 Å². The number of aryl methyl sites for hydroxylation is 1. The molecule has 6 nitrogen and oxygen atoms in total. The number of guanidine groups is 1. The maximum atomic E-state index is 12.3. The molecule has 2 N–H and O–H groups in total. The number of rotatable bonds is 8. The van der Waals surface area contributed by atoms with Gasteiger partial charge in [-0.3, -0.25) is 14.7 Å². The number of nitrogens with zero attached hydrogens (tertiary/aromatic N) is 3. The Morgan fingerprint density at radius 1 is 1.17 bits per heavy atom. The molecule has 3 rings (SSSR count). The molecule has 160 valence electrons. The Morgan fingerprint density at radius 2 is 1.90 bits per heavy atom. The Kier molecular flexibility index (Phi) is 8.35. The minimum Gasteiger partial charge on any atom is -0.355 e. The zero-order valence-corrected chi connectivity index (χ0v) is 18.1. The molecule has 0 radical (unpaired) electrons. The first-order valence-electron chi connectivity index (χ1n) is 11.2. The fraction of sp³-hybridized carbons (Fsp3) is 0.652. The van der Waals surface area contributed by atoms with Gasteiger partial charge in [-0.05, 0) is 38.2 Å². The zero-order valence-electron chi connectivity index (χ0n) is 18.1. The van der Waals surface area contributed by atoms with Gasteiger partial charge >= 0.3 is 0 Å². The molecule has 1 aromatic carbocycles. The van der Waals surface area contributed by atoms with E-state index in [2.05, 4.69) is 62.7 Å². The van der Waals surface area contributed by atoms with Crippen LogP contribution in [0.4, 0.5) is 0 Å². The molecule has 0 bridgehead atoms. The summed E-state index contributed by atoms with van der Waals surface area (Å²) in [6.07, 6.45) is 5.55. The standard InChI is InChI=1S/C23H37N5O/c1-19(11-12-20-7-4-3-5-8-20)26-23(24-2)25-13-14-27-15-17-28(18-16-27)22(29)21-9-6-10-21/h3-5,7-8,19,21H,6,9-18H2,1-2H3,(H2,24,25,26). The topological polar surface area (TPSA) is 60.0 Å². The van der Waals surface area contributed by atoms with Gasteiger partial charge in [0.05, 0.1) is 0 Å². The number of hydrogen-bond donors (Lipinski definition) is 2.